The van der Waals surface area contributed by atoms with E-state index in [0.29, 0.717) is 5.69 Å². The predicted molar refractivity (Wildman–Crippen MR) is 118 cm³/mol. The Balaban J connectivity index is 1.91. The fourth-order valence-corrected chi connectivity index (χ4v) is 3.99. The quantitative estimate of drug-likeness (QED) is 0.606. The van der Waals surface area contributed by atoms with Gasteiger partial charge in [-0.3, -0.25) is 19.2 Å². The Kier molecular flexibility index (Phi) is 5.89. The molecule has 0 saturated carbocycles. The third kappa shape index (κ3) is 3.50. The highest BCUT2D eigenvalue weighted by Crippen LogP contribution is 2.36. The summed E-state index contributed by atoms with van der Waals surface area (Å²) in [5.74, 6) is -2.39. The normalized spacial score (nSPS) is 13.4. The van der Waals surface area contributed by atoms with Crippen LogP contribution in [0.2, 0.25) is 0 Å². The highest BCUT2D eigenvalue weighted by atomic mass is 19.1. The van der Waals surface area contributed by atoms with E-state index in [1.807, 2.05) is 19.9 Å². The number of carbonyl (C=O) groups is 1. The number of nitriles is 1. The zero-order valence-electron chi connectivity index (χ0n) is 18.7. The van der Waals surface area contributed by atoms with E-state index in [4.69, 9.17) is 0 Å². The van der Waals surface area contributed by atoms with Gasteiger partial charge in [-0.15, -0.1) is 5.10 Å². The van der Waals surface area contributed by atoms with Crippen molar-refractivity contribution in [2.24, 2.45) is 0 Å². The fourth-order valence-electron chi connectivity index (χ4n) is 3.99. The van der Waals surface area contributed by atoms with Crippen molar-refractivity contribution in [3.8, 4) is 11.8 Å². The molecule has 3 aromatic rings. The second kappa shape index (κ2) is 8.68. The number of fused-ring (bicyclic) bond motifs is 1. The lowest BCUT2D eigenvalue weighted by Crippen LogP contribution is -2.50. The Morgan fingerprint density at radius 1 is 1.18 bits per heavy atom. The molecule has 176 valence electrons. The van der Waals surface area contributed by atoms with Crippen LogP contribution in [0.4, 0.5) is 20.2 Å². The first kappa shape index (κ1) is 23.1. The number of carbonyl (C=O) groups excluding carboxylic acids is 1. The van der Waals surface area contributed by atoms with Crippen molar-refractivity contribution in [2.45, 2.75) is 40.0 Å². The first-order valence-corrected chi connectivity index (χ1v) is 10.5. The number of rotatable bonds is 5. The smallest absolute Gasteiger partial charge is 0.350 e. The monoisotopic (exact) mass is 469 g/mol. The molecule has 2 aromatic heterocycles. The number of hydrogen-bond acceptors (Lipinski definition) is 7. The molecule has 0 saturated heterocycles. The van der Waals surface area contributed by atoms with Crippen LogP contribution in [0.15, 0.2) is 29.3 Å². The van der Waals surface area contributed by atoms with Gasteiger partial charge in [0, 0.05) is 18.8 Å². The van der Waals surface area contributed by atoms with Crippen LogP contribution in [0.25, 0.3) is 5.69 Å². The van der Waals surface area contributed by atoms with Crippen molar-refractivity contribution in [2.75, 3.05) is 16.5 Å². The number of amides is 1. The highest BCUT2D eigenvalue weighted by molar-refractivity contribution is 6.12. The van der Waals surface area contributed by atoms with Crippen molar-refractivity contribution in [3.63, 3.8) is 0 Å². The van der Waals surface area contributed by atoms with E-state index in [1.165, 1.54) is 10.6 Å². The first-order chi connectivity index (χ1) is 16.2. The Labute approximate surface area is 192 Å². The molecule has 4 rings (SSSR count). The molecule has 3 heterocycles. The first-order valence-electron chi connectivity index (χ1n) is 10.5. The number of pyridine rings is 1. The topological polar surface area (TPSA) is 120 Å². The van der Waals surface area contributed by atoms with Crippen molar-refractivity contribution >= 4 is 17.3 Å². The second-order valence-electron chi connectivity index (χ2n) is 7.90. The molecule has 1 N–H and O–H groups in total. The fraction of sp³-hybridized carbons (Fsp3) is 0.318. The largest absolute Gasteiger partial charge is 0.388 e. The minimum absolute atomic E-state index is 0.0633. The lowest BCUT2D eigenvalue weighted by atomic mass is 10.0. The maximum absolute atomic E-state index is 15.3. The maximum Gasteiger partial charge on any atom is 0.350 e. The summed E-state index contributed by atoms with van der Waals surface area (Å²) in [6.45, 7) is 4.95. The van der Waals surface area contributed by atoms with Gasteiger partial charge in [-0.1, -0.05) is 0 Å². The number of aromatic nitrogens is 4. The summed E-state index contributed by atoms with van der Waals surface area (Å²) < 4.78 is 32.0. The third-order valence-electron chi connectivity index (χ3n) is 5.66. The Hall–Kier alpha value is -4.11. The van der Waals surface area contributed by atoms with Gasteiger partial charge in [0.15, 0.2) is 11.6 Å². The second-order valence-corrected chi connectivity index (χ2v) is 7.90. The number of anilines is 2. The lowest BCUT2D eigenvalue weighted by Gasteiger charge is -2.40. The van der Waals surface area contributed by atoms with E-state index in [2.05, 4.69) is 10.1 Å². The molecule has 1 aliphatic rings. The molecule has 0 radical (unpaired) electrons. The van der Waals surface area contributed by atoms with Gasteiger partial charge in [0.1, 0.15) is 29.9 Å². The predicted octanol–water partition coefficient (Wildman–Crippen LogP) is 1.92. The van der Waals surface area contributed by atoms with Gasteiger partial charge < -0.3 is 10.0 Å². The molecule has 0 aliphatic carbocycles. The van der Waals surface area contributed by atoms with E-state index in [0.717, 1.165) is 28.0 Å². The van der Waals surface area contributed by atoms with Gasteiger partial charge in [-0.05, 0) is 32.9 Å². The van der Waals surface area contributed by atoms with E-state index >= 15 is 4.39 Å². The molecular formula is C22H21F2N7O3. The van der Waals surface area contributed by atoms with E-state index < -0.39 is 29.8 Å². The van der Waals surface area contributed by atoms with Crippen LogP contribution >= 0.6 is 0 Å². The summed E-state index contributed by atoms with van der Waals surface area (Å²) in [6, 6.07) is 3.91. The molecule has 12 heteroatoms. The number of aliphatic hydroxyl groups excluding tert-OH is 1. The Bertz CT molecular complexity index is 1390. The molecule has 34 heavy (non-hydrogen) atoms. The van der Waals surface area contributed by atoms with Gasteiger partial charge in [0.05, 0.1) is 29.7 Å². The number of halogens is 2. The SMILES string of the molecule is CCn1c(CO)nn(-c2cc3c(cc2F)C(=O)N(c2c(F)cncc2C#N)CN3C(C)C)c1=O. The molecule has 0 atom stereocenters. The molecule has 1 amide bonds. The minimum Gasteiger partial charge on any atom is -0.388 e. The average Bonchev–Trinajstić information content (AvgIpc) is 3.14. The van der Waals surface area contributed by atoms with Crippen LogP contribution in [-0.2, 0) is 13.2 Å². The summed E-state index contributed by atoms with van der Waals surface area (Å²) in [5, 5.41) is 22.9. The van der Waals surface area contributed by atoms with Gasteiger partial charge in [0.2, 0.25) is 0 Å². The summed E-state index contributed by atoms with van der Waals surface area (Å²) >= 11 is 0. The molecule has 1 aliphatic heterocycles. The zero-order chi connectivity index (χ0) is 24.7. The van der Waals surface area contributed by atoms with Crippen LogP contribution in [0.5, 0.6) is 0 Å². The summed E-state index contributed by atoms with van der Waals surface area (Å²) in [6.07, 6.45) is 2.05. The number of hydrogen-bond donors (Lipinski definition) is 1. The Morgan fingerprint density at radius 2 is 1.91 bits per heavy atom. The van der Waals surface area contributed by atoms with Crippen LogP contribution in [0.3, 0.4) is 0 Å². The van der Waals surface area contributed by atoms with E-state index in [-0.39, 0.29) is 47.6 Å². The maximum atomic E-state index is 15.3. The third-order valence-corrected chi connectivity index (χ3v) is 5.66. The molecule has 0 spiro atoms. The average molecular weight is 469 g/mol. The zero-order valence-corrected chi connectivity index (χ0v) is 18.7. The van der Waals surface area contributed by atoms with Crippen LogP contribution in [0.1, 0.15) is 42.5 Å². The van der Waals surface area contributed by atoms with Crippen molar-refractivity contribution in [1.29, 1.82) is 5.26 Å². The number of benzene rings is 1. The molecule has 0 bridgehead atoms. The van der Waals surface area contributed by atoms with Crippen LogP contribution in [-0.4, -0.2) is 43.1 Å². The summed E-state index contributed by atoms with van der Waals surface area (Å²) in [5.41, 5.74) is -0.941. The van der Waals surface area contributed by atoms with Crippen LogP contribution < -0.4 is 15.5 Å². The van der Waals surface area contributed by atoms with Gasteiger partial charge in [0.25, 0.3) is 5.91 Å². The van der Waals surface area contributed by atoms with Gasteiger partial charge in [-0.2, -0.15) is 9.94 Å². The van der Waals surface area contributed by atoms with Crippen molar-refractivity contribution in [1.82, 2.24) is 19.3 Å². The molecule has 1 aromatic carbocycles. The molecule has 0 fully saturated rings. The van der Waals surface area contributed by atoms with E-state index in [9.17, 15) is 24.3 Å². The number of nitrogens with zero attached hydrogens (tertiary/aromatic N) is 7. The molecular weight excluding hydrogens is 448 g/mol. The van der Waals surface area contributed by atoms with Gasteiger partial charge in [-0.25, -0.2) is 13.6 Å². The van der Waals surface area contributed by atoms with Crippen LogP contribution in [0, 0.1) is 23.0 Å². The standard InChI is InChI=1S/C22H21F2N7O3/c1-4-28-19(10-32)27-31(22(28)34)18-6-17-14(5-15(18)23)21(33)30(11-29(17)12(2)3)20-13(7-25)8-26-9-16(20)24/h5-6,8-9,12,32H,4,10-11H2,1-3H3. The Morgan fingerprint density at radius 3 is 2.50 bits per heavy atom. The minimum atomic E-state index is -0.902. The summed E-state index contributed by atoms with van der Waals surface area (Å²) in [4.78, 5) is 32.5. The highest BCUT2D eigenvalue weighted by Gasteiger charge is 2.35. The van der Waals surface area contributed by atoms with Crippen molar-refractivity contribution < 1.29 is 18.7 Å². The lowest BCUT2D eigenvalue weighted by molar-refractivity contribution is 0.0980. The summed E-state index contributed by atoms with van der Waals surface area (Å²) in [7, 11) is 0. The van der Waals surface area contributed by atoms with E-state index in [1.54, 1.807) is 11.8 Å². The molecule has 10 nitrogen and oxygen atoms in total. The number of aliphatic hydroxyl groups is 1. The van der Waals surface area contributed by atoms with Crippen molar-refractivity contribution in [3.05, 3.63) is 63.6 Å². The molecule has 0 unspecified atom stereocenters. The van der Waals surface area contributed by atoms with Gasteiger partial charge >= 0.3 is 5.69 Å².